The summed E-state index contributed by atoms with van der Waals surface area (Å²) in [6.07, 6.45) is 4.17. The molecule has 5 heteroatoms. The number of carbonyl (C=O) groups excluding carboxylic acids is 1. The second-order valence-electron chi connectivity index (χ2n) is 4.90. The molecule has 0 aromatic heterocycles. The van der Waals surface area contributed by atoms with Crippen LogP contribution in [0.2, 0.25) is 0 Å². The molecule has 1 aliphatic rings. The van der Waals surface area contributed by atoms with Gasteiger partial charge in [0.25, 0.3) is 5.91 Å². The molecule has 1 aliphatic carbocycles. The maximum Gasteiger partial charge on any atom is 0.254 e. The molecule has 0 heterocycles. The largest absolute Gasteiger partial charge is 0.349 e. The summed E-state index contributed by atoms with van der Waals surface area (Å²) in [5.74, 6) is -0.0411. The van der Waals surface area contributed by atoms with Gasteiger partial charge in [-0.3, -0.25) is 4.79 Å². The smallest absolute Gasteiger partial charge is 0.254 e. The summed E-state index contributed by atoms with van der Waals surface area (Å²) in [5, 5.41) is 2.92. The van der Waals surface area contributed by atoms with Crippen LogP contribution in [0.4, 0.5) is 4.39 Å². The van der Waals surface area contributed by atoms with Crippen LogP contribution in [0.3, 0.4) is 0 Å². The first kappa shape index (κ1) is 14.8. The number of rotatable bonds is 3. The zero-order valence-electron chi connectivity index (χ0n) is 10.5. The van der Waals surface area contributed by atoms with E-state index in [1.165, 1.54) is 12.1 Å². The summed E-state index contributed by atoms with van der Waals surface area (Å²) in [6, 6.07) is 4.42. The number of hydrogen-bond donors (Lipinski definition) is 1. The van der Waals surface area contributed by atoms with Gasteiger partial charge in [0, 0.05) is 16.4 Å². The van der Waals surface area contributed by atoms with Crippen LogP contribution in [0.5, 0.6) is 0 Å². The highest BCUT2D eigenvalue weighted by molar-refractivity contribution is 9.10. The van der Waals surface area contributed by atoms with E-state index >= 15 is 0 Å². The summed E-state index contributed by atoms with van der Waals surface area (Å²) in [5.41, 5.74) is 0.0771. The molecule has 2 atom stereocenters. The van der Waals surface area contributed by atoms with Crippen molar-refractivity contribution >= 4 is 33.4 Å². The highest BCUT2D eigenvalue weighted by Crippen LogP contribution is 2.26. The molecule has 0 bridgehead atoms. The minimum Gasteiger partial charge on any atom is -0.349 e. The van der Waals surface area contributed by atoms with Gasteiger partial charge >= 0.3 is 0 Å². The predicted molar refractivity (Wildman–Crippen MR) is 78.0 cm³/mol. The average Bonchev–Trinajstić information content (AvgIpc) is 2.42. The Morgan fingerprint density at radius 2 is 2.16 bits per heavy atom. The van der Waals surface area contributed by atoms with Gasteiger partial charge in [-0.15, -0.1) is 11.6 Å². The lowest BCUT2D eigenvalue weighted by Crippen LogP contribution is -2.43. The maximum absolute atomic E-state index is 13.6. The van der Waals surface area contributed by atoms with Crippen LogP contribution in [0.15, 0.2) is 22.7 Å². The second kappa shape index (κ2) is 6.71. The summed E-state index contributed by atoms with van der Waals surface area (Å²) in [7, 11) is 0. The first-order valence-electron chi connectivity index (χ1n) is 6.43. The number of amides is 1. The predicted octanol–water partition coefficient (Wildman–Crippen LogP) is 4.12. The quantitative estimate of drug-likeness (QED) is 0.818. The van der Waals surface area contributed by atoms with Crippen molar-refractivity contribution in [2.75, 3.05) is 5.88 Å². The Morgan fingerprint density at radius 1 is 1.42 bits per heavy atom. The molecule has 2 nitrogen and oxygen atoms in total. The molecule has 0 aliphatic heterocycles. The molecule has 1 N–H and O–H groups in total. The van der Waals surface area contributed by atoms with Gasteiger partial charge in [-0.05, 0) is 37.0 Å². The molecule has 2 rings (SSSR count). The molecular weight excluding hydrogens is 333 g/mol. The highest BCUT2D eigenvalue weighted by Gasteiger charge is 2.26. The third kappa shape index (κ3) is 3.69. The normalized spacial score (nSPS) is 23.1. The molecule has 0 saturated heterocycles. The van der Waals surface area contributed by atoms with E-state index in [-0.39, 0.29) is 23.4 Å². The van der Waals surface area contributed by atoms with Gasteiger partial charge in [-0.1, -0.05) is 28.8 Å². The molecule has 1 aromatic carbocycles. The fraction of sp³-hybridized carbons (Fsp3) is 0.500. The minimum absolute atomic E-state index is 0.0529. The van der Waals surface area contributed by atoms with Gasteiger partial charge in [-0.25, -0.2) is 4.39 Å². The van der Waals surface area contributed by atoms with Gasteiger partial charge in [0.1, 0.15) is 5.82 Å². The summed E-state index contributed by atoms with van der Waals surface area (Å²) >= 11 is 9.18. The van der Waals surface area contributed by atoms with Gasteiger partial charge in [-0.2, -0.15) is 0 Å². The third-order valence-electron chi connectivity index (χ3n) is 3.60. The van der Waals surface area contributed by atoms with Crippen molar-refractivity contribution in [3.05, 3.63) is 34.1 Å². The number of alkyl halides is 1. The lowest BCUT2D eigenvalue weighted by Gasteiger charge is -2.30. The zero-order valence-corrected chi connectivity index (χ0v) is 12.8. The molecule has 19 heavy (non-hydrogen) atoms. The zero-order chi connectivity index (χ0) is 13.8. The van der Waals surface area contributed by atoms with Gasteiger partial charge in [0.05, 0.1) is 5.56 Å². The van der Waals surface area contributed by atoms with Crippen LogP contribution in [0, 0.1) is 11.7 Å². The molecule has 1 aromatic rings. The van der Waals surface area contributed by atoms with Crippen LogP contribution >= 0.6 is 27.5 Å². The van der Waals surface area contributed by atoms with Crippen molar-refractivity contribution in [3.63, 3.8) is 0 Å². The lowest BCUT2D eigenvalue weighted by atomic mass is 9.85. The van der Waals surface area contributed by atoms with Gasteiger partial charge in [0.2, 0.25) is 0 Å². The van der Waals surface area contributed by atoms with E-state index in [9.17, 15) is 9.18 Å². The molecule has 104 valence electrons. The standard InChI is InChI=1S/C14H16BrClFNO/c15-10-5-6-12(17)11(7-10)14(19)18-13-4-2-1-3-9(13)8-16/h5-7,9,13H,1-4,8H2,(H,18,19). The number of halogens is 3. The number of benzene rings is 1. The number of carbonyl (C=O) groups is 1. The van der Waals surface area contributed by atoms with Gasteiger partial charge in [0.15, 0.2) is 0 Å². The topological polar surface area (TPSA) is 29.1 Å². The maximum atomic E-state index is 13.6. The molecular formula is C14H16BrClFNO. The Kier molecular flexibility index (Phi) is 5.22. The minimum atomic E-state index is -0.501. The first-order valence-corrected chi connectivity index (χ1v) is 7.76. The van der Waals surface area contributed by atoms with E-state index in [0.29, 0.717) is 10.4 Å². The molecule has 2 unspecified atom stereocenters. The van der Waals surface area contributed by atoms with Gasteiger partial charge < -0.3 is 5.32 Å². The van der Waals surface area contributed by atoms with Crippen molar-refractivity contribution in [1.29, 1.82) is 0 Å². The Morgan fingerprint density at radius 3 is 2.89 bits per heavy atom. The molecule has 1 fully saturated rings. The molecule has 0 radical (unpaired) electrons. The molecule has 1 amide bonds. The van der Waals surface area contributed by atoms with Crippen molar-refractivity contribution in [3.8, 4) is 0 Å². The van der Waals surface area contributed by atoms with E-state index in [1.54, 1.807) is 6.07 Å². The number of hydrogen-bond acceptors (Lipinski definition) is 1. The Hall–Kier alpha value is -0.610. The fourth-order valence-corrected chi connectivity index (χ4v) is 3.23. The second-order valence-corrected chi connectivity index (χ2v) is 6.13. The van der Waals surface area contributed by atoms with Crippen LogP contribution in [0.25, 0.3) is 0 Å². The number of nitrogens with one attached hydrogen (secondary N) is 1. The monoisotopic (exact) mass is 347 g/mol. The van der Waals surface area contributed by atoms with Crippen LogP contribution in [-0.4, -0.2) is 17.8 Å². The molecule has 1 saturated carbocycles. The SMILES string of the molecule is O=C(NC1CCCCC1CCl)c1cc(Br)ccc1F. The van der Waals surface area contributed by atoms with Crippen molar-refractivity contribution in [1.82, 2.24) is 5.32 Å². The van der Waals surface area contributed by atoms with E-state index in [2.05, 4.69) is 21.2 Å². The van der Waals surface area contributed by atoms with Crippen molar-refractivity contribution in [2.24, 2.45) is 5.92 Å². The van der Waals surface area contributed by atoms with E-state index in [4.69, 9.17) is 11.6 Å². The summed E-state index contributed by atoms with van der Waals surface area (Å²) in [6.45, 7) is 0. The molecule has 0 spiro atoms. The van der Waals surface area contributed by atoms with Crippen molar-refractivity contribution < 1.29 is 9.18 Å². The summed E-state index contributed by atoms with van der Waals surface area (Å²) < 4.78 is 14.3. The van der Waals surface area contributed by atoms with E-state index < -0.39 is 5.82 Å². The third-order valence-corrected chi connectivity index (χ3v) is 4.49. The van der Waals surface area contributed by atoms with Crippen LogP contribution in [-0.2, 0) is 0 Å². The van der Waals surface area contributed by atoms with Crippen LogP contribution < -0.4 is 5.32 Å². The average molecular weight is 349 g/mol. The van der Waals surface area contributed by atoms with E-state index in [1.807, 2.05) is 0 Å². The lowest BCUT2D eigenvalue weighted by molar-refractivity contribution is 0.0907. The summed E-state index contributed by atoms with van der Waals surface area (Å²) in [4.78, 5) is 12.1. The highest BCUT2D eigenvalue weighted by atomic mass is 79.9. The van der Waals surface area contributed by atoms with Crippen LogP contribution in [0.1, 0.15) is 36.0 Å². The van der Waals surface area contributed by atoms with Crippen molar-refractivity contribution in [2.45, 2.75) is 31.7 Å². The first-order chi connectivity index (χ1) is 9.11. The Labute approximate surface area is 125 Å². The van der Waals surface area contributed by atoms with E-state index in [0.717, 1.165) is 25.7 Å². The Balaban J connectivity index is 2.09. The fourth-order valence-electron chi connectivity index (χ4n) is 2.50. The Bertz CT molecular complexity index is 469.